The predicted molar refractivity (Wildman–Crippen MR) is 156 cm³/mol. The van der Waals surface area contributed by atoms with E-state index in [0.29, 0.717) is 0 Å². The summed E-state index contributed by atoms with van der Waals surface area (Å²) in [6.07, 6.45) is 2.30. The average Bonchev–Trinajstić information content (AvgIpc) is 3.38. The molecule has 1 unspecified atom stereocenters. The van der Waals surface area contributed by atoms with Gasteiger partial charge in [0, 0.05) is 5.92 Å². The summed E-state index contributed by atoms with van der Waals surface area (Å²) < 4.78 is 0. The van der Waals surface area contributed by atoms with Gasteiger partial charge in [0.15, 0.2) is 0 Å². The molecule has 1 aliphatic rings. The van der Waals surface area contributed by atoms with Crippen LogP contribution in [-0.2, 0) is 22.6 Å². The first-order valence-electron chi connectivity index (χ1n) is 12.4. The third kappa shape index (κ3) is 5.18. The zero-order chi connectivity index (χ0) is 26.4. The first-order valence-corrected chi connectivity index (χ1v) is 16.7. The van der Waals surface area contributed by atoms with Crippen molar-refractivity contribution in [2.75, 3.05) is 0 Å². The van der Waals surface area contributed by atoms with Gasteiger partial charge in [-0.3, -0.25) is 0 Å². The monoisotopic (exact) mass is 568 g/mol. The van der Waals surface area contributed by atoms with Gasteiger partial charge in [-0.1, -0.05) is 140 Å². The molecule has 1 nitrogen and oxygen atoms in total. The maximum atomic E-state index is 12.7. The zero-order valence-electron chi connectivity index (χ0n) is 20.6. The molecule has 0 saturated carbocycles. The molecule has 38 heavy (non-hydrogen) atoms. The number of benzene rings is 5. The van der Waals surface area contributed by atoms with Crippen molar-refractivity contribution in [1.29, 1.82) is 0 Å². The number of fused-ring (bicyclic) bond motifs is 1. The number of halogens is 2. The Bertz CT molecular complexity index is 1480. The number of aliphatic hydroxyl groups is 1. The molecular formula is C34H26Cl2OTi. The van der Waals surface area contributed by atoms with Crippen LogP contribution < -0.4 is 0 Å². The van der Waals surface area contributed by atoms with E-state index in [1.165, 1.54) is 22.3 Å². The molecule has 0 amide bonds. The molecule has 1 atom stereocenters. The molecule has 0 radical (unpaired) electrons. The number of allylic oxidation sites excluding steroid dienone is 1. The van der Waals surface area contributed by atoms with E-state index in [4.69, 9.17) is 18.6 Å². The Kier molecular flexibility index (Phi) is 8.64. The molecule has 4 heteroatoms. The second-order valence-corrected chi connectivity index (χ2v) is 11.7. The molecule has 0 spiro atoms. The summed E-state index contributed by atoms with van der Waals surface area (Å²) in [6, 6.07) is 47.6. The Morgan fingerprint density at radius 3 is 1.58 bits per heavy atom. The Labute approximate surface area is 241 Å². The fraction of sp³-hybridized carbons (Fsp3) is 0.0588. The van der Waals surface area contributed by atoms with Gasteiger partial charge < -0.3 is 5.11 Å². The average molecular weight is 569 g/mol. The van der Waals surface area contributed by atoms with Crippen molar-refractivity contribution in [2.45, 2.75) is 11.5 Å². The van der Waals surface area contributed by atoms with E-state index in [0.717, 1.165) is 22.3 Å². The summed E-state index contributed by atoms with van der Waals surface area (Å²) >= 11 is -0.556. The molecule has 5 aromatic rings. The minimum absolute atomic E-state index is 0.0174. The number of rotatable bonds is 5. The van der Waals surface area contributed by atoms with Crippen molar-refractivity contribution in [3.8, 4) is 0 Å². The van der Waals surface area contributed by atoms with Crippen LogP contribution in [0.1, 0.15) is 44.9 Å². The molecule has 5 aromatic carbocycles. The summed E-state index contributed by atoms with van der Waals surface area (Å²) in [7, 11) is 9.78. The zero-order valence-corrected chi connectivity index (χ0v) is 23.7. The van der Waals surface area contributed by atoms with Crippen LogP contribution in [0.2, 0.25) is 0 Å². The van der Waals surface area contributed by atoms with Gasteiger partial charge >= 0.3 is 35.6 Å². The van der Waals surface area contributed by atoms with E-state index in [1.807, 2.05) is 66.7 Å². The van der Waals surface area contributed by atoms with Crippen molar-refractivity contribution in [3.05, 3.63) is 178 Å². The molecule has 1 aliphatic carbocycles. The number of hydrogen-bond donors (Lipinski definition) is 1. The van der Waals surface area contributed by atoms with Gasteiger partial charge in [0.25, 0.3) is 0 Å². The summed E-state index contributed by atoms with van der Waals surface area (Å²) in [6.45, 7) is 0. The summed E-state index contributed by atoms with van der Waals surface area (Å²) in [4.78, 5) is 0. The summed E-state index contributed by atoms with van der Waals surface area (Å²) in [5, 5.41) is 12.7. The van der Waals surface area contributed by atoms with E-state index < -0.39 is 22.6 Å². The molecule has 0 saturated heterocycles. The van der Waals surface area contributed by atoms with Crippen molar-refractivity contribution >= 4 is 30.3 Å². The molecule has 0 aliphatic heterocycles. The van der Waals surface area contributed by atoms with Crippen molar-refractivity contribution < 1.29 is 22.1 Å². The van der Waals surface area contributed by atoms with Gasteiger partial charge in [-0.2, -0.15) is 0 Å². The molecule has 6 rings (SSSR count). The maximum absolute atomic E-state index is 12.7. The minimum atomic E-state index is -1.29. The summed E-state index contributed by atoms with van der Waals surface area (Å²) in [5.41, 5.74) is 7.39. The van der Waals surface area contributed by atoms with E-state index in [1.54, 1.807) is 0 Å². The van der Waals surface area contributed by atoms with Crippen LogP contribution in [0.5, 0.6) is 0 Å². The van der Waals surface area contributed by atoms with Gasteiger partial charge in [-0.15, -0.1) is 0 Å². The molecule has 0 aromatic heterocycles. The van der Waals surface area contributed by atoms with Gasteiger partial charge in [0.2, 0.25) is 0 Å². The SMILES string of the molecule is OC(c1ccccc1)(c1ccccc1)c1ccccc1C1C(c2ccccc2)=Cc2ccccc21.[Cl][Ti][Cl]. The van der Waals surface area contributed by atoms with E-state index in [9.17, 15) is 5.11 Å². The van der Waals surface area contributed by atoms with Gasteiger partial charge in [-0.05, 0) is 50.6 Å². The quantitative estimate of drug-likeness (QED) is 0.166. The van der Waals surface area contributed by atoms with Crippen LogP contribution in [0.4, 0.5) is 0 Å². The van der Waals surface area contributed by atoms with E-state index >= 15 is 0 Å². The molecule has 0 fully saturated rings. The van der Waals surface area contributed by atoms with Crippen LogP contribution in [0, 0.1) is 0 Å². The molecular weight excluding hydrogens is 543 g/mol. The third-order valence-electron chi connectivity index (χ3n) is 7.08. The van der Waals surface area contributed by atoms with Crippen LogP contribution >= 0.6 is 18.6 Å². The molecule has 0 bridgehead atoms. The van der Waals surface area contributed by atoms with Crippen molar-refractivity contribution in [2.24, 2.45) is 0 Å². The van der Waals surface area contributed by atoms with Crippen LogP contribution in [0.3, 0.4) is 0 Å². The number of hydrogen-bond acceptors (Lipinski definition) is 1. The second-order valence-electron chi connectivity index (χ2n) is 9.13. The third-order valence-corrected chi connectivity index (χ3v) is 7.08. The fourth-order valence-electron chi connectivity index (χ4n) is 5.45. The normalized spacial score (nSPS) is 14.1. The second kappa shape index (κ2) is 12.3. The fourth-order valence-corrected chi connectivity index (χ4v) is 5.45. The van der Waals surface area contributed by atoms with Gasteiger partial charge in [0.1, 0.15) is 5.60 Å². The first-order chi connectivity index (χ1) is 18.7. The van der Waals surface area contributed by atoms with E-state index in [2.05, 4.69) is 78.9 Å². The Morgan fingerprint density at radius 2 is 1.00 bits per heavy atom. The predicted octanol–water partition coefficient (Wildman–Crippen LogP) is 9.03. The topological polar surface area (TPSA) is 20.2 Å². The Balaban J connectivity index is 0.000000937. The Morgan fingerprint density at radius 1 is 0.553 bits per heavy atom. The molecule has 186 valence electrons. The van der Waals surface area contributed by atoms with Crippen molar-refractivity contribution in [3.63, 3.8) is 0 Å². The van der Waals surface area contributed by atoms with Crippen LogP contribution in [0.15, 0.2) is 140 Å². The Hall–Kier alpha value is -2.91. The molecule has 0 heterocycles. The van der Waals surface area contributed by atoms with Gasteiger partial charge in [-0.25, -0.2) is 0 Å². The standard InChI is InChI=1S/C34H26O.2ClH.Ti/c35-34(27-17-6-2-7-18-27,28-19-8-3-9-20-28)32-23-13-12-22-30(32)33-29-21-11-10-16-26(29)24-31(33)25-14-4-1-5-15-25;;;/h1-24,33,35H;2*1H;/q;;;+2/p-2. The van der Waals surface area contributed by atoms with Crippen molar-refractivity contribution in [1.82, 2.24) is 0 Å². The van der Waals surface area contributed by atoms with Crippen LogP contribution in [0.25, 0.3) is 11.6 Å². The van der Waals surface area contributed by atoms with Crippen LogP contribution in [-0.4, -0.2) is 5.11 Å². The first kappa shape index (κ1) is 26.7. The van der Waals surface area contributed by atoms with E-state index in [-0.39, 0.29) is 5.92 Å². The molecule has 1 N–H and O–H groups in total. The van der Waals surface area contributed by atoms with Gasteiger partial charge in [0.05, 0.1) is 0 Å². The summed E-state index contributed by atoms with van der Waals surface area (Å²) in [5.74, 6) is 0.0174.